The number of carbonyl (C=O) groups is 2. The van der Waals surface area contributed by atoms with Crippen LogP contribution < -0.4 is 10.6 Å². The topological polar surface area (TPSA) is 94.5 Å². The van der Waals surface area contributed by atoms with Gasteiger partial charge in [0.05, 0.1) is 17.9 Å². The van der Waals surface area contributed by atoms with Crippen LogP contribution in [0.3, 0.4) is 0 Å². The zero-order valence-corrected chi connectivity index (χ0v) is 13.0. The lowest BCUT2D eigenvalue weighted by Gasteiger charge is -2.31. The monoisotopic (exact) mass is 316 g/mol. The Bertz CT molecular complexity index is 604. The van der Waals surface area contributed by atoms with Gasteiger partial charge >= 0.3 is 12.1 Å². The lowest BCUT2D eigenvalue weighted by atomic mass is 10.1. The number of hydrogen-bond donors (Lipinski definition) is 2. The number of anilines is 1. The highest BCUT2D eigenvalue weighted by Gasteiger charge is 2.24. The second-order valence-corrected chi connectivity index (χ2v) is 5.22. The number of carbonyl (C=O) groups excluding carboxylic acids is 2. The van der Waals surface area contributed by atoms with Crippen molar-refractivity contribution in [1.82, 2.24) is 10.2 Å². The van der Waals surface area contributed by atoms with Gasteiger partial charge in [-0.25, -0.2) is 9.59 Å². The molecule has 7 nitrogen and oxygen atoms in total. The van der Waals surface area contributed by atoms with E-state index in [4.69, 9.17) is 10.00 Å². The van der Waals surface area contributed by atoms with Crippen LogP contribution in [0.4, 0.5) is 15.3 Å². The molecular weight excluding hydrogens is 296 g/mol. The first-order valence-corrected chi connectivity index (χ1v) is 7.62. The van der Waals surface area contributed by atoms with E-state index < -0.39 is 0 Å². The largest absolute Gasteiger partial charge is 0.450 e. The molecule has 1 heterocycles. The Labute approximate surface area is 135 Å². The lowest BCUT2D eigenvalue weighted by molar-refractivity contribution is 0.0959. The summed E-state index contributed by atoms with van der Waals surface area (Å²) in [5, 5.41) is 14.6. The molecule has 23 heavy (non-hydrogen) atoms. The number of benzene rings is 1. The van der Waals surface area contributed by atoms with E-state index in [2.05, 4.69) is 10.6 Å². The summed E-state index contributed by atoms with van der Waals surface area (Å²) in [6, 6.07) is 8.51. The van der Waals surface area contributed by atoms with Gasteiger partial charge in [0.25, 0.3) is 0 Å². The third-order valence-electron chi connectivity index (χ3n) is 3.65. The molecule has 0 aliphatic carbocycles. The van der Waals surface area contributed by atoms with E-state index >= 15 is 0 Å². The molecule has 122 valence electrons. The number of nitrogens with one attached hydrogen (secondary N) is 2. The lowest BCUT2D eigenvalue weighted by Crippen LogP contribution is -2.47. The fourth-order valence-corrected chi connectivity index (χ4v) is 2.45. The Morgan fingerprint density at radius 3 is 2.70 bits per heavy atom. The highest BCUT2D eigenvalue weighted by atomic mass is 16.6. The van der Waals surface area contributed by atoms with Gasteiger partial charge < -0.3 is 20.3 Å². The molecule has 0 unspecified atom stereocenters. The second kappa shape index (κ2) is 8.03. The maximum absolute atomic E-state index is 12.0. The summed E-state index contributed by atoms with van der Waals surface area (Å²) in [5.41, 5.74) is 0.899. The van der Waals surface area contributed by atoms with Gasteiger partial charge in [0.1, 0.15) is 6.07 Å². The summed E-state index contributed by atoms with van der Waals surface area (Å²) >= 11 is 0. The van der Waals surface area contributed by atoms with E-state index in [9.17, 15) is 9.59 Å². The second-order valence-electron chi connectivity index (χ2n) is 5.22. The molecule has 1 aliphatic rings. The summed E-state index contributed by atoms with van der Waals surface area (Å²) in [6.45, 7) is 3.24. The summed E-state index contributed by atoms with van der Waals surface area (Å²) in [4.78, 5) is 25.3. The summed E-state index contributed by atoms with van der Waals surface area (Å²) < 4.78 is 4.96. The number of rotatable bonds is 3. The SMILES string of the molecule is CCOC(=O)N1CCC(NC(=O)Nc2ccccc2C#N)CC1. The smallest absolute Gasteiger partial charge is 0.409 e. The molecule has 2 N–H and O–H groups in total. The van der Waals surface area contributed by atoms with Gasteiger partial charge in [-0.05, 0) is 31.9 Å². The number of likely N-dealkylation sites (tertiary alicyclic amines) is 1. The molecule has 0 atom stereocenters. The first-order valence-electron chi connectivity index (χ1n) is 7.62. The van der Waals surface area contributed by atoms with Crippen LogP contribution in [0.5, 0.6) is 0 Å². The van der Waals surface area contributed by atoms with Crippen molar-refractivity contribution in [2.75, 3.05) is 25.0 Å². The van der Waals surface area contributed by atoms with E-state index in [1.165, 1.54) is 0 Å². The molecule has 1 aromatic rings. The van der Waals surface area contributed by atoms with Gasteiger partial charge in [0, 0.05) is 19.1 Å². The Hall–Kier alpha value is -2.75. The Balaban J connectivity index is 1.81. The average molecular weight is 316 g/mol. The van der Waals surface area contributed by atoms with Gasteiger partial charge in [-0.15, -0.1) is 0 Å². The number of ether oxygens (including phenoxy) is 1. The molecule has 1 saturated heterocycles. The molecule has 0 aromatic heterocycles. The number of hydrogen-bond acceptors (Lipinski definition) is 4. The Kier molecular flexibility index (Phi) is 5.80. The third kappa shape index (κ3) is 4.61. The summed E-state index contributed by atoms with van der Waals surface area (Å²) in [6.07, 6.45) is 1.04. The number of nitrogens with zero attached hydrogens (tertiary/aromatic N) is 2. The number of urea groups is 1. The standard InChI is InChI=1S/C16H20N4O3/c1-2-23-16(22)20-9-7-13(8-10-20)18-15(21)19-14-6-4-3-5-12(14)11-17/h3-6,13H,2,7-10H2,1H3,(H2,18,19,21). The van der Waals surface area contributed by atoms with Crippen LogP contribution in [0.2, 0.25) is 0 Å². The molecule has 1 aromatic carbocycles. The fourth-order valence-electron chi connectivity index (χ4n) is 2.45. The Morgan fingerprint density at radius 1 is 1.35 bits per heavy atom. The molecule has 0 spiro atoms. The van der Waals surface area contributed by atoms with E-state index in [-0.39, 0.29) is 18.2 Å². The van der Waals surface area contributed by atoms with Crippen LogP contribution in [0.15, 0.2) is 24.3 Å². The van der Waals surface area contributed by atoms with Crippen molar-refractivity contribution in [3.8, 4) is 6.07 Å². The van der Waals surface area contributed by atoms with Crippen molar-refractivity contribution in [3.63, 3.8) is 0 Å². The van der Waals surface area contributed by atoms with Crippen LogP contribution >= 0.6 is 0 Å². The van der Waals surface area contributed by atoms with E-state index in [1.807, 2.05) is 6.07 Å². The molecular formula is C16H20N4O3. The molecule has 0 saturated carbocycles. The zero-order chi connectivity index (χ0) is 16.7. The van der Waals surface area contributed by atoms with Crippen molar-refractivity contribution in [3.05, 3.63) is 29.8 Å². The van der Waals surface area contributed by atoms with E-state index in [0.29, 0.717) is 43.8 Å². The molecule has 2 rings (SSSR count). The van der Waals surface area contributed by atoms with Crippen molar-refractivity contribution in [2.45, 2.75) is 25.8 Å². The van der Waals surface area contributed by atoms with E-state index in [1.54, 1.807) is 36.1 Å². The number of amides is 3. The van der Waals surface area contributed by atoms with Crippen LogP contribution in [0.1, 0.15) is 25.3 Å². The number of piperidine rings is 1. The van der Waals surface area contributed by atoms with Crippen molar-refractivity contribution in [2.24, 2.45) is 0 Å². The summed E-state index contributed by atoms with van der Waals surface area (Å²) in [5.74, 6) is 0. The van der Waals surface area contributed by atoms with Crippen LogP contribution in [-0.4, -0.2) is 42.8 Å². The van der Waals surface area contributed by atoms with Gasteiger partial charge in [-0.3, -0.25) is 0 Å². The van der Waals surface area contributed by atoms with Crippen LogP contribution in [0.25, 0.3) is 0 Å². The number of para-hydroxylation sites is 1. The van der Waals surface area contributed by atoms with Crippen molar-refractivity contribution < 1.29 is 14.3 Å². The van der Waals surface area contributed by atoms with Crippen LogP contribution in [-0.2, 0) is 4.74 Å². The van der Waals surface area contributed by atoms with Gasteiger partial charge in [0.2, 0.25) is 0 Å². The minimum absolute atomic E-state index is 0.00470. The first-order chi connectivity index (χ1) is 11.1. The average Bonchev–Trinajstić information content (AvgIpc) is 2.56. The Morgan fingerprint density at radius 2 is 2.04 bits per heavy atom. The predicted molar refractivity (Wildman–Crippen MR) is 84.9 cm³/mol. The molecule has 1 aliphatic heterocycles. The number of nitriles is 1. The minimum atomic E-state index is -0.345. The first kappa shape index (κ1) is 16.6. The van der Waals surface area contributed by atoms with Gasteiger partial charge in [-0.2, -0.15) is 5.26 Å². The molecule has 3 amide bonds. The maximum atomic E-state index is 12.0. The van der Waals surface area contributed by atoms with Crippen molar-refractivity contribution in [1.29, 1.82) is 5.26 Å². The van der Waals surface area contributed by atoms with Crippen LogP contribution in [0, 0.1) is 11.3 Å². The molecule has 7 heteroatoms. The molecule has 1 fully saturated rings. The van der Waals surface area contributed by atoms with E-state index in [0.717, 1.165) is 0 Å². The quantitative estimate of drug-likeness (QED) is 0.894. The zero-order valence-electron chi connectivity index (χ0n) is 13.0. The highest BCUT2D eigenvalue weighted by Crippen LogP contribution is 2.15. The third-order valence-corrected chi connectivity index (χ3v) is 3.65. The highest BCUT2D eigenvalue weighted by molar-refractivity contribution is 5.90. The van der Waals surface area contributed by atoms with Gasteiger partial charge in [0.15, 0.2) is 0 Å². The maximum Gasteiger partial charge on any atom is 0.409 e. The van der Waals surface area contributed by atoms with Crippen molar-refractivity contribution >= 4 is 17.8 Å². The minimum Gasteiger partial charge on any atom is -0.450 e. The normalized spacial score (nSPS) is 14.7. The fraction of sp³-hybridized carbons (Fsp3) is 0.438. The predicted octanol–water partition coefficient (Wildman–Crippen LogP) is 2.30. The molecule has 0 radical (unpaired) electrons. The van der Waals surface area contributed by atoms with Gasteiger partial charge in [-0.1, -0.05) is 12.1 Å². The summed E-state index contributed by atoms with van der Waals surface area (Å²) in [7, 11) is 0. The molecule has 0 bridgehead atoms.